The van der Waals surface area contributed by atoms with E-state index in [1.54, 1.807) is 6.07 Å². The van der Waals surface area contributed by atoms with E-state index in [0.717, 1.165) is 48.9 Å². The summed E-state index contributed by atoms with van der Waals surface area (Å²) in [7, 11) is 0. The van der Waals surface area contributed by atoms with Gasteiger partial charge in [-0.1, -0.05) is 11.6 Å². The third-order valence-corrected chi connectivity index (χ3v) is 5.56. The normalized spacial score (nSPS) is 18.5. The van der Waals surface area contributed by atoms with Crippen LogP contribution < -0.4 is 10.5 Å². The summed E-state index contributed by atoms with van der Waals surface area (Å²) in [5.74, 6) is 0.0679. The molecule has 122 valence electrons. The zero-order valence-corrected chi connectivity index (χ0v) is 13.8. The average molecular weight is 335 g/mol. The summed E-state index contributed by atoms with van der Waals surface area (Å²) in [6, 6.07) is 1.76. The maximum absolute atomic E-state index is 12.3. The van der Waals surface area contributed by atoms with Crippen molar-refractivity contribution in [3.05, 3.63) is 38.2 Å². The van der Waals surface area contributed by atoms with Gasteiger partial charge in [0.2, 0.25) is 0 Å². The largest absolute Gasteiger partial charge is 0.506 e. The zero-order valence-electron chi connectivity index (χ0n) is 13.1. The van der Waals surface area contributed by atoms with Gasteiger partial charge in [-0.3, -0.25) is 0 Å². The van der Waals surface area contributed by atoms with E-state index in [0.29, 0.717) is 22.7 Å². The Labute approximate surface area is 139 Å². The first kappa shape index (κ1) is 15.0. The Morgan fingerprint density at radius 2 is 1.87 bits per heavy atom. The van der Waals surface area contributed by atoms with E-state index in [9.17, 15) is 9.90 Å². The minimum Gasteiger partial charge on any atom is -0.506 e. The molecule has 1 saturated heterocycles. The molecule has 1 fully saturated rings. The summed E-state index contributed by atoms with van der Waals surface area (Å²) in [4.78, 5) is 13.7. The van der Waals surface area contributed by atoms with Crippen molar-refractivity contribution in [1.82, 2.24) is 0 Å². The van der Waals surface area contributed by atoms with Crippen LogP contribution in [0.1, 0.15) is 42.4 Å². The van der Waals surface area contributed by atoms with Crippen molar-refractivity contribution in [2.75, 3.05) is 13.1 Å². The maximum atomic E-state index is 12.3. The number of phenolic OH excluding ortho intramolecular Hbond substituents is 1. The molecule has 4 nitrogen and oxygen atoms in total. The first-order valence-electron chi connectivity index (χ1n) is 8.47. The van der Waals surface area contributed by atoms with Gasteiger partial charge in [-0.15, -0.1) is 0 Å². The van der Waals surface area contributed by atoms with Gasteiger partial charge in [-0.05, 0) is 50.2 Å². The van der Waals surface area contributed by atoms with Crippen molar-refractivity contribution in [3.63, 3.8) is 0 Å². The molecule has 5 heteroatoms. The molecule has 4 rings (SSSR count). The lowest BCUT2D eigenvalue weighted by Gasteiger charge is -2.24. The molecule has 1 aliphatic heterocycles. The lowest BCUT2D eigenvalue weighted by Crippen LogP contribution is -3.11. The molecule has 2 aromatic rings. The number of halogens is 1. The number of benzene rings is 1. The van der Waals surface area contributed by atoms with E-state index < -0.39 is 0 Å². The molecule has 0 unspecified atom stereocenters. The third kappa shape index (κ3) is 2.54. The van der Waals surface area contributed by atoms with Crippen molar-refractivity contribution >= 4 is 22.6 Å². The van der Waals surface area contributed by atoms with Gasteiger partial charge in [-0.25, -0.2) is 4.79 Å². The minimum absolute atomic E-state index is 0.0679. The maximum Gasteiger partial charge on any atom is 0.339 e. The van der Waals surface area contributed by atoms with Gasteiger partial charge >= 0.3 is 5.63 Å². The lowest BCUT2D eigenvalue weighted by molar-refractivity contribution is -0.918. The summed E-state index contributed by atoms with van der Waals surface area (Å²) in [5, 5.41) is 11.7. The topological polar surface area (TPSA) is 54.9 Å². The Bertz CT molecular complexity index is 821. The van der Waals surface area contributed by atoms with Crippen LogP contribution in [-0.4, -0.2) is 18.2 Å². The van der Waals surface area contributed by atoms with Gasteiger partial charge in [0, 0.05) is 10.9 Å². The molecule has 1 aliphatic carbocycles. The van der Waals surface area contributed by atoms with Gasteiger partial charge in [0.05, 0.1) is 23.7 Å². The van der Waals surface area contributed by atoms with Gasteiger partial charge in [-0.2, -0.15) is 0 Å². The van der Waals surface area contributed by atoms with Gasteiger partial charge in [0.1, 0.15) is 12.3 Å². The molecule has 23 heavy (non-hydrogen) atoms. The molecule has 0 radical (unpaired) electrons. The van der Waals surface area contributed by atoms with Crippen LogP contribution in [0.3, 0.4) is 0 Å². The third-order valence-electron chi connectivity index (χ3n) is 5.27. The monoisotopic (exact) mass is 334 g/mol. The molecule has 0 amide bonds. The quantitative estimate of drug-likeness (QED) is 0.828. The summed E-state index contributed by atoms with van der Waals surface area (Å²) < 4.78 is 5.63. The van der Waals surface area contributed by atoms with Crippen LogP contribution in [0.5, 0.6) is 5.75 Å². The molecule has 2 N–H and O–H groups in total. The minimum atomic E-state index is -0.249. The Balaban J connectivity index is 1.89. The molecular weight excluding hydrogens is 314 g/mol. The van der Waals surface area contributed by atoms with Crippen molar-refractivity contribution in [3.8, 4) is 5.75 Å². The first-order chi connectivity index (χ1) is 11.1. The average Bonchev–Trinajstić information content (AvgIpc) is 3.05. The molecule has 2 aliphatic rings. The number of rotatable bonds is 2. The van der Waals surface area contributed by atoms with Crippen LogP contribution in [0.2, 0.25) is 5.02 Å². The first-order valence-corrected chi connectivity index (χ1v) is 8.85. The predicted octanol–water partition coefficient (Wildman–Crippen LogP) is 2.21. The number of likely N-dealkylation sites (tertiary alicyclic amines) is 1. The SMILES string of the molecule is O=c1oc2c(C[NH+]3CCCCC3)c(O)c(Cl)cc2c2c1CCC2. The van der Waals surface area contributed by atoms with Crippen molar-refractivity contribution in [1.29, 1.82) is 0 Å². The fraction of sp³-hybridized carbons (Fsp3) is 0.500. The number of hydrogen-bond donors (Lipinski definition) is 2. The number of quaternary nitrogens is 1. The fourth-order valence-corrected chi connectivity index (χ4v) is 4.30. The molecule has 2 heterocycles. The smallest absolute Gasteiger partial charge is 0.339 e. The van der Waals surface area contributed by atoms with Crippen LogP contribution in [0.25, 0.3) is 11.0 Å². The van der Waals surface area contributed by atoms with E-state index in [4.69, 9.17) is 16.0 Å². The Hall–Kier alpha value is -1.52. The number of nitrogens with one attached hydrogen (secondary N) is 1. The molecule has 0 spiro atoms. The van der Waals surface area contributed by atoms with E-state index in [1.807, 2.05) is 0 Å². The Morgan fingerprint density at radius 1 is 1.13 bits per heavy atom. The van der Waals surface area contributed by atoms with Crippen LogP contribution in [0, 0.1) is 0 Å². The lowest BCUT2D eigenvalue weighted by atomic mass is 10.0. The van der Waals surface area contributed by atoms with Gasteiger partial charge < -0.3 is 14.4 Å². The van der Waals surface area contributed by atoms with Crippen molar-refractivity contribution in [2.45, 2.75) is 45.1 Å². The standard InChI is InChI=1S/C18H20ClNO3/c19-15-9-13-11-5-4-6-12(11)18(22)23-17(13)14(16(15)21)10-20-7-2-1-3-8-20/h9,21H,1-8,10H2/p+1. The van der Waals surface area contributed by atoms with E-state index >= 15 is 0 Å². The molecule has 0 saturated carbocycles. The summed E-state index contributed by atoms with van der Waals surface area (Å²) in [6.07, 6.45) is 6.31. The van der Waals surface area contributed by atoms with Gasteiger partial charge in [0.15, 0.2) is 5.58 Å². The van der Waals surface area contributed by atoms with Crippen LogP contribution in [0.4, 0.5) is 0 Å². The number of phenols is 1. The number of fused-ring (bicyclic) bond motifs is 3. The number of aryl methyl sites for hydroxylation is 1. The van der Waals surface area contributed by atoms with Crippen LogP contribution >= 0.6 is 11.6 Å². The molecule has 1 aromatic carbocycles. The second kappa shape index (κ2) is 5.84. The van der Waals surface area contributed by atoms with E-state index in [2.05, 4.69) is 0 Å². The second-order valence-electron chi connectivity index (χ2n) is 6.75. The fourth-order valence-electron chi connectivity index (χ4n) is 4.08. The van der Waals surface area contributed by atoms with E-state index in [-0.39, 0.29) is 11.4 Å². The highest BCUT2D eigenvalue weighted by atomic mass is 35.5. The van der Waals surface area contributed by atoms with E-state index in [1.165, 1.54) is 24.2 Å². The van der Waals surface area contributed by atoms with Crippen molar-refractivity contribution in [2.24, 2.45) is 0 Å². The van der Waals surface area contributed by atoms with Crippen LogP contribution in [-0.2, 0) is 19.4 Å². The van der Waals surface area contributed by atoms with Crippen molar-refractivity contribution < 1.29 is 14.4 Å². The molecule has 0 atom stereocenters. The number of aromatic hydroxyl groups is 1. The summed E-state index contributed by atoms with van der Waals surface area (Å²) in [5.41, 5.74) is 2.83. The highest BCUT2D eigenvalue weighted by molar-refractivity contribution is 6.33. The number of hydrogen-bond acceptors (Lipinski definition) is 3. The highest BCUT2D eigenvalue weighted by Gasteiger charge is 2.26. The predicted molar refractivity (Wildman–Crippen MR) is 89.4 cm³/mol. The Kier molecular flexibility index (Phi) is 3.82. The zero-order chi connectivity index (χ0) is 16.0. The molecular formula is C18H21ClNO3+. The van der Waals surface area contributed by atoms with Gasteiger partial charge in [0.25, 0.3) is 0 Å². The summed E-state index contributed by atoms with van der Waals surface area (Å²) in [6.45, 7) is 2.83. The van der Waals surface area contributed by atoms with Crippen LogP contribution in [0.15, 0.2) is 15.3 Å². The number of piperidine rings is 1. The second-order valence-corrected chi connectivity index (χ2v) is 7.16. The molecule has 1 aromatic heterocycles. The summed E-state index contributed by atoms with van der Waals surface area (Å²) >= 11 is 6.27. The Morgan fingerprint density at radius 3 is 2.65 bits per heavy atom. The highest BCUT2D eigenvalue weighted by Crippen LogP contribution is 2.37. The molecule has 0 bridgehead atoms.